The highest BCUT2D eigenvalue weighted by molar-refractivity contribution is 7.99. The summed E-state index contributed by atoms with van der Waals surface area (Å²) in [4.78, 5) is 1.26. The Labute approximate surface area is 130 Å². The first-order valence-electron chi connectivity index (χ1n) is 7.67. The molecule has 1 aromatic carbocycles. The number of hydrogen-bond acceptors (Lipinski definition) is 4. The van der Waals surface area contributed by atoms with E-state index in [0.29, 0.717) is 6.54 Å². The molecule has 4 nitrogen and oxygen atoms in total. The van der Waals surface area contributed by atoms with Crippen LogP contribution in [0.4, 0.5) is 0 Å². The van der Waals surface area contributed by atoms with Gasteiger partial charge < -0.3 is 10.3 Å². The van der Waals surface area contributed by atoms with Crippen LogP contribution < -0.4 is 5.73 Å². The molecule has 0 spiro atoms. The van der Waals surface area contributed by atoms with Gasteiger partial charge in [0.2, 0.25) is 0 Å². The van der Waals surface area contributed by atoms with Crippen molar-refractivity contribution in [1.82, 2.24) is 14.8 Å². The summed E-state index contributed by atoms with van der Waals surface area (Å²) < 4.78 is 2.30. The van der Waals surface area contributed by atoms with Crippen molar-refractivity contribution in [3.05, 3.63) is 35.2 Å². The molecule has 0 unspecified atom stereocenters. The average Bonchev–Trinajstić information content (AvgIpc) is 2.70. The molecule has 2 aromatic rings. The third kappa shape index (κ3) is 3.30. The number of aryl methyl sites for hydroxylation is 2. The van der Waals surface area contributed by atoms with E-state index in [1.165, 1.54) is 35.3 Å². The fourth-order valence-corrected chi connectivity index (χ4v) is 3.72. The van der Waals surface area contributed by atoms with Crippen molar-refractivity contribution in [2.45, 2.75) is 55.6 Å². The van der Waals surface area contributed by atoms with Crippen LogP contribution in [0.5, 0.6) is 0 Å². The zero-order valence-electron chi connectivity index (χ0n) is 12.5. The van der Waals surface area contributed by atoms with Crippen LogP contribution >= 0.6 is 11.8 Å². The van der Waals surface area contributed by atoms with Crippen molar-refractivity contribution in [3.8, 4) is 0 Å². The number of fused-ring (bicyclic) bond motifs is 1. The van der Waals surface area contributed by atoms with Gasteiger partial charge in [-0.05, 0) is 61.7 Å². The molecule has 2 N–H and O–H groups in total. The number of aromatic nitrogens is 3. The lowest BCUT2D eigenvalue weighted by Crippen LogP contribution is -2.03. The molecule has 1 aromatic heterocycles. The molecule has 0 radical (unpaired) electrons. The molecule has 0 bridgehead atoms. The van der Waals surface area contributed by atoms with Crippen LogP contribution in [0.2, 0.25) is 0 Å². The molecule has 0 amide bonds. The predicted molar refractivity (Wildman–Crippen MR) is 85.6 cm³/mol. The number of benzene rings is 1. The highest BCUT2D eigenvalue weighted by Crippen LogP contribution is 2.31. The van der Waals surface area contributed by atoms with Gasteiger partial charge in [0.15, 0.2) is 5.16 Å². The fraction of sp³-hybridized carbons (Fsp3) is 0.500. The zero-order valence-corrected chi connectivity index (χ0v) is 13.3. The van der Waals surface area contributed by atoms with Gasteiger partial charge in [-0.3, -0.25) is 0 Å². The maximum absolute atomic E-state index is 5.62. The molecule has 21 heavy (non-hydrogen) atoms. The largest absolute Gasteiger partial charge is 0.330 e. The Morgan fingerprint density at radius 2 is 2.14 bits per heavy atom. The molecule has 2 heterocycles. The normalized spacial score (nSPS) is 14.8. The van der Waals surface area contributed by atoms with Gasteiger partial charge in [-0.25, -0.2) is 0 Å². The van der Waals surface area contributed by atoms with E-state index in [9.17, 15) is 0 Å². The Kier molecular flexibility index (Phi) is 4.60. The summed E-state index contributed by atoms with van der Waals surface area (Å²) in [5.41, 5.74) is 8.22. The SMILES string of the molecule is Cc1cc(CCN)ccc1Sc1nnc2n1CCCCC2. The average molecular weight is 302 g/mol. The lowest BCUT2D eigenvalue weighted by Gasteiger charge is -2.09. The molecule has 0 aliphatic carbocycles. The minimum atomic E-state index is 0.698. The van der Waals surface area contributed by atoms with Gasteiger partial charge in [0.1, 0.15) is 5.82 Å². The van der Waals surface area contributed by atoms with Gasteiger partial charge in [-0.2, -0.15) is 0 Å². The van der Waals surface area contributed by atoms with E-state index in [-0.39, 0.29) is 0 Å². The Balaban J connectivity index is 1.82. The summed E-state index contributed by atoms with van der Waals surface area (Å²) in [5, 5.41) is 9.78. The fourth-order valence-electron chi connectivity index (χ4n) is 2.78. The van der Waals surface area contributed by atoms with Crippen LogP contribution in [0, 0.1) is 6.92 Å². The van der Waals surface area contributed by atoms with E-state index in [1.54, 1.807) is 11.8 Å². The summed E-state index contributed by atoms with van der Waals surface area (Å²) in [7, 11) is 0. The van der Waals surface area contributed by atoms with Crippen LogP contribution in [0.1, 0.15) is 36.2 Å². The number of rotatable bonds is 4. The molecule has 1 aliphatic rings. The molecule has 1 aliphatic heterocycles. The maximum Gasteiger partial charge on any atom is 0.196 e. The second kappa shape index (κ2) is 6.62. The molecule has 5 heteroatoms. The quantitative estimate of drug-likeness (QED) is 0.943. The van der Waals surface area contributed by atoms with E-state index in [1.807, 2.05) is 0 Å². The van der Waals surface area contributed by atoms with Crippen molar-refractivity contribution in [2.24, 2.45) is 5.73 Å². The first-order valence-corrected chi connectivity index (χ1v) is 8.49. The molecular formula is C16H22N4S. The highest BCUT2D eigenvalue weighted by atomic mass is 32.2. The summed E-state index contributed by atoms with van der Waals surface area (Å²) in [6, 6.07) is 6.58. The van der Waals surface area contributed by atoms with Crippen molar-refractivity contribution in [2.75, 3.05) is 6.54 Å². The van der Waals surface area contributed by atoms with Crippen LogP contribution in [-0.4, -0.2) is 21.3 Å². The van der Waals surface area contributed by atoms with Crippen molar-refractivity contribution in [1.29, 1.82) is 0 Å². The smallest absolute Gasteiger partial charge is 0.196 e. The summed E-state index contributed by atoms with van der Waals surface area (Å²) in [6.07, 6.45) is 5.75. The van der Waals surface area contributed by atoms with Crippen LogP contribution in [0.15, 0.2) is 28.3 Å². The van der Waals surface area contributed by atoms with Crippen molar-refractivity contribution < 1.29 is 0 Å². The topological polar surface area (TPSA) is 56.7 Å². The molecule has 3 rings (SSSR count). The Hall–Kier alpha value is -1.33. The lowest BCUT2D eigenvalue weighted by molar-refractivity contribution is 0.591. The molecule has 0 fully saturated rings. The van der Waals surface area contributed by atoms with Gasteiger partial charge in [-0.15, -0.1) is 10.2 Å². The molecule has 0 atom stereocenters. The summed E-state index contributed by atoms with van der Waals surface area (Å²) >= 11 is 1.73. The van der Waals surface area contributed by atoms with Gasteiger partial charge in [0.25, 0.3) is 0 Å². The second-order valence-electron chi connectivity index (χ2n) is 5.60. The first kappa shape index (κ1) is 14.6. The van der Waals surface area contributed by atoms with Gasteiger partial charge in [0, 0.05) is 17.9 Å². The lowest BCUT2D eigenvalue weighted by atomic mass is 10.1. The molecular weight excluding hydrogens is 280 g/mol. The van der Waals surface area contributed by atoms with Crippen LogP contribution in [-0.2, 0) is 19.4 Å². The summed E-state index contributed by atoms with van der Waals surface area (Å²) in [5.74, 6) is 1.15. The molecule has 112 valence electrons. The van der Waals surface area contributed by atoms with Gasteiger partial charge in [0.05, 0.1) is 0 Å². The minimum absolute atomic E-state index is 0.698. The maximum atomic E-state index is 5.62. The van der Waals surface area contributed by atoms with Crippen LogP contribution in [0.25, 0.3) is 0 Å². The van der Waals surface area contributed by atoms with E-state index in [4.69, 9.17) is 5.73 Å². The highest BCUT2D eigenvalue weighted by Gasteiger charge is 2.16. The van der Waals surface area contributed by atoms with Crippen molar-refractivity contribution in [3.63, 3.8) is 0 Å². The van der Waals surface area contributed by atoms with Crippen molar-refractivity contribution >= 4 is 11.8 Å². The summed E-state index contributed by atoms with van der Waals surface area (Å²) in [6.45, 7) is 3.90. The Morgan fingerprint density at radius 3 is 2.95 bits per heavy atom. The van der Waals surface area contributed by atoms with E-state index >= 15 is 0 Å². The molecule has 0 saturated carbocycles. The number of hydrogen-bond donors (Lipinski definition) is 1. The molecule has 0 saturated heterocycles. The number of nitrogens with zero attached hydrogens (tertiary/aromatic N) is 3. The standard InChI is InChI=1S/C16H22N4S/c1-12-11-13(8-9-17)6-7-14(12)21-16-19-18-15-5-3-2-4-10-20(15)16/h6-7,11H,2-5,8-10,17H2,1H3. The van der Waals surface area contributed by atoms with Crippen LogP contribution in [0.3, 0.4) is 0 Å². The van der Waals surface area contributed by atoms with E-state index in [2.05, 4.69) is 39.9 Å². The third-order valence-electron chi connectivity index (χ3n) is 3.95. The zero-order chi connectivity index (χ0) is 14.7. The van der Waals surface area contributed by atoms with Gasteiger partial charge in [-0.1, -0.05) is 18.6 Å². The third-order valence-corrected chi connectivity index (χ3v) is 5.11. The Morgan fingerprint density at radius 1 is 1.24 bits per heavy atom. The minimum Gasteiger partial charge on any atom is -0.330 e. The first-order chi connectivity index (χ1) is 10.3. The van der Waals surface area contributed by atoms with E-state index < -0.39 is 0 Å². The number of nitrogens with two attached hydrogens (primary N) is 1. The Bertz CT molecular complexity index is 621. The monoisotopic (exact) mass is 302 g/mol. The predicted octanol–water partition coefficient (Wildman–Crippen LogP) is 2.97. The van der Waals surface area contributed by atoms with E-state index in [0.717, 1.165) is 30.4 Å². The second-order valence-corrected chi connectivity index (χ2v) is 6.61. The van der Waals surface area contributed by atoms with Gasteiger partial charge >= 0.3 is 0 Å².